The predicted octanol–water partition coefficient (Wildman–Crippen LogP) is 4.79. The van der Waals surface area contributed by atoms with Crippen molar-refractivity contribution in [2.75, 3.05) is 17.2 Å². The number of nitrogens with one attached hydrogen (secondary N) is 2. The van der Waals surface area contributed by atoms with Crippen LogP contribution in [-0.2, 0) is 11.2 Å². The topological polar surface area (TPSA) is 66.4 Å². The zero-order valence-electron chi connectivity index (χ0n) is 16.6. The summed E-state index contributed by atoms with van der Waals surface area (Å²) < 4.78 is 0. The Balaban J connectivity index is 1.43. The van der Waals surface area contributed by atoms with E-state index in [0.29, 0.717) is 0 Å². The van der Waals surface area contributed by atoms with Crippen molar-refractivity contribution < 1.29 is 4.79 Å². The fourth-order valence-electron chi connectivity index (χ4n) is 3.66. The Morgan fingerprint density at radius 3 is 2.72 bits per heavy atom. The normalized spacial score (nSPS) is 15.4. The van der Waals surface area contributed by atoms with Crippen LogP contribution in [-0.4, -0.2) is 23.7 Å². The number of benzene rings is 2. The Hall–Kier alpha value is -3.47. The van der Waals surface area contributed by atoms with Gasteiger partial charge in [-0.15, -0.1) is 0 Å². The number of amides is 1. The molecule has 2 aromatic carbocycles. The van der Waals surface area contributed by atoms with Gasteiger partial charge in [0.2, 0.25) is 5.91 Å². The van der Waals surface area contributed by atoms with Crippen LogP contribution in [0.3, 0.4) is 0 Å². The maximum atomic E-state index is 12.3. The highest BCUT2D eigenvalue weighted by Crippen LogP contribution is 2.34. The van der Waals surface area contributed by atoms with Crippen LogP contribution < -0.4 is 10.6 Å². The number of carbonyl (C=O) groups excluding carboxylic acids is 1. The molecule has 4 rings (SSSR count). The largest absolute Gasteiger partial charge is 0.384 e. The third-order valence-electron chi connectivity index (χ3n) is 5.24. The average Bonchev–Trinajstić information content (AvgIpc) is 3.05. The van der Waals surface area contributed by atoms with Gasteiger partial charge in [0.1, 0.15) is 5.92 Å². The van der Waals surface area contributed by atoms with Crippen LogP contribution in [0.15, 0.2) is 65.9 Å². The molecule has 1 unspecified atom stereocenters. The number of aromatic nitrogens is 1. The van der Waals surface area contributed by atoms with E-state index in [2.05, 4.69) is 27.5 Å². The first kappa shape index (κ1) is 18.9. The molecule has 1 aliphatic rings. The van der Waals surface area contributed by atoms with E-state index in [4.69, 9.17) is 0 Å². The molecular weight excluding hydrogens is 360 g/mol. The summed E-state index contributed by atoms with van der Waals surface area (Å²) in [5, 5.41) is 6.41. The van der Waals surface area contributed by atoms with Crippen LogP contribution >= 0.6 is 0 Å². The molecule has 0 saturated heterocycles. The van der Waals surface area contributed by atoms with Crippen molar-refractivity contribution >= 4 is 29.2 Å². The number of aliphatic imine (C=N–C) groups is 1. The number of hydrogen-bond donors (Lipinski definition) is 2. The number of pyridine rings is 1. The minimum atomic E-state index is -0.343. The number of rotatable bonds is 6. The minimum absolute atomic E-state index is 0.0239. The highest BCUT2D eigenvalue weighted by Gasteiger charge is 2.30. The van der Waals surface area contributed by atoms with Crippen molar-refractivity contribution in [3.8, 4) is 0 Å². The van der Waals surface area contributed by atoms with Gasteiger partial charge in [0.05, 0.1) is 5.69 Å². The predicted molar refractivity (Wildman–Crippen MR) is 118 cm³/mol. The number of nitrogens with zero attached hydrogens (tertiary/aromatic N) is 2. The average molecular weight is 384 g/mol. The second-order valence-corrected chi connectivity index (χ2v) is 7.31. The van der Waals surface area contributed by atoms with Gasteiger partial charge < -0.3 is 10.6 Å². The van der Waals surface area contributed by atoms with Gasteiger partial charge in [0.25, 0.3) is 0 Å². The smallest absolute Gasteiger partial charge is 0.237 e. The maximum absolute atomic E-state index is 12.3. The van der Waals surface area contributed by atoms with Gasteiger partial charge in [0, 0.05) is 36.5 Å². The molecule has 3 aromatic rings. The SMILES string of the molecule is Cc1cc(N=CC2C(=O)Nc3cccc(C)c32)ccc1NCCc1ccncc1. The number of carbonyl (C=O) groups is 1. The van der Waals surface area contributed by atoms with Crippen LogP contribution in [0.2, 0.25) is 0 Å². The molecule has 1 aliphatic heterocycles. The van der Waals surface area contributed by atoms with Crippen molar-refractivity contribution in [3.63, 3.8) is 0 Å². The van der Waals surface area contributed by atoms with Gasteiger partial charge in [-0.25, -0.2) is 0 Å². The third-order valence-corrected chi connectivity index (χ3v) is 5.24. The number of anilines is 2. The van der Waals surface area contributed by atoms with Crippen molar-refractivity contribution in [2.24, 2.45) is 4.99 Å². The highest BCUT2D eigenvalue weighted by atomic mass is 16.2. The highest BCUT2D eigenvalue weighted by molar-refractivity contribution is 6.13. The van der Waals surface area contributed by atoms with Crippen LogP contribution in [0, 0.1) is 13.8 Å². The van der Waals surface area contributed by atoms with Gasteiger partial charge in [-0.1, -0.05) is 12.1 Å². The van der Waals surface area contributed by atoms with E-state index in [1.54, 1.807) is 6.21 Å². The molecule has 0 spiro atoms. The first-order valence-corrected chi connectivity index (χ1v) is 9.80. The van der Waals surface area contributed by atoms with Crippen LogP contribution in [0.4, 0.5) is 17.1 Å². The number of aryl methyl sites for hydroxylation is 2. The van der Waals surface area contributed by atoms with E-state index >= 15 is 0 Å². The van der Waals surface area contributed by atoms with E-state index in [0.717, 1.165) is 46.7 Å². The molecule has 0 fully saturated rings. The molecule has 1 aromatic heterocycles. The van der Waals surface area contributed by atoms with Crippen molar-refractivity contribution in [1.29, 1.82) is 0 Å². The maximum Gasteiger partial charge on any atom is 0.237 e. The zero-order valence-corrected chi connectivity index (χ0v) is 16.6. The molecule has 0 saturated carbocycles. The summed E-state index contributed by atoms with van der Waals surface area (Å²) in [7, 11) is 0. The Labute approximate surface area is 170 Å². The summed E-state index contributed by atoms with van der Waals surface area (Å²) in [5.41, 5.74) is 7.33. The molecule has 1 amide bonds. The monoisotopic (exact) mass is 384 g/mol. The lowest BCUT2D eigenvalue weighted by atomic mass is 9.97. The van der Waals surface area contributed by atoms with Gasteiger partial charge in [-0.05, 0) is 78.9 Å². The molecule has 0 radical (unpaired) electrons. The van der Waals surface area contributed by atoms with Crippen LogP contribution in [0.25, 0.3) is 0 Å². The molecule has 5 heteroatoms. The van der Waals surface area contributed by atoms with E-state index in [-0.39, 0.29) is 11.8 Å². The summed E-state index contributed by atoms with van der Waals surface area (Å²) in [6.07, 6.45) is 6.33. The molecule has 5 nitrogen and oxygen atoms in total. The summed E-state index contributed by atoms with van der Waals surface area (Å²) in [6.45, 7) is 4.94. The Bertz CT molecular complexity index is 1060. The van der Waals surface area contributed by atoms with E-state index in [9.17, 15) is 4.79 Å². The minimum Gasteiger partial charge on any atom is -0.384 e. The lowest BCUT2D eigenvalue weighted by molar-refractivity contribution is -0.115. The van der Waals surface area contributed by atoms with Gasteiger partial charge in [-0.3, -0.25) is 14.8 Å². The van der Waals surface area contributed by atoms with Crippen LogP contribution in [0.1, 0.15) is 28.2 Å². The Morgan fingerprint density at radius 1 is 1.10 bits per heavy atom. The summed E-state index contributed by atoms with van der Waals surface area (Å²) in [6, 6.07) is 16.0. The number of hydrogen-bond acceptors (Lipinski definition) is 4. The fourth-order valence-corrected chi connectivity index (χ4v) is 3.66. The standard InChI is InChI=1S/C24H24N4O/c1-16-4-3-5-22-23(16)20(24(29)28-22)15-27-19-6-7-21(17(2)14-19)26-13-10-18-8-11-25-12-9-18/h3-9,11-12,14-15,20,26H,10,13H2,1-2H3,(H,28,29). The first-order chi connectivity index (χ1) is 14.1. The molecule has 2 N–H and O–H groups in total. The van der Waals surface area contributed by atoms with Gasteiger partial charge in [0.15, 0.2) is 0 Å². The van der Waals surface area contributed by atoms with E-state index < -0.39 is 0 Å². The van der Waals surface area contributed by atoms with Crippen LogP contribution in [0.5, 0.6) is 0 Å². The van der Waals surface area contributed by atoms with E-state index in [1.807, 2.05) is 67.8 Å². The van der Waals surface area contributed by atoms with Crippen molar-refractivity contribution in [2.45, 2.75) is 26.2 Å². The van der Waals surface area contributed by atoms with Gasteiger partial charge in [-0.2, -0.15) is 0 Å². The fraction of sp³-hybridized carbons (Fsp3) is 0.208. The Kier molecular flexibility index (Phi) is 5.38. The molecule has 146 valence electrons. The third kappa shape index (κ3) is 4.19. The summed E-state index contributed by atoms with van der Waals surface area (Å²) in [5.74, 6) is -0.367. The second-order valence-electron chi connectivity index (χ2n) is 7.31. The number of fused-ring (bicyclic) bond motifs is 1. The van der Waals surface area contributed by atoms with Gasteiger partial charge >= 0.3 is 0 Å². The molecule has 1 atom stereocenters. The van der Waals surface area contributed by atoms with Crippen molar-refractivity contribution in [1.82, 2.24) is 4.98 Å². The lowest BCUT2D eigenvalue weighted by Gasteiger charge is -2.10. The van der Waals surface area contributed by atoms with E-state index in [1.165, 1.54) is 5.56 Å². The molecule has 29 heavy (non-hydrogen) atoms. The molecule has 2 heterocycles. The first-order valence-electron chi connectivity index (χ1n) is 9.80. The molecule has 0 aliphatic carbocycles. The summed E-state index contributed by atoms with van der Waals surface area (Å²) >= 11 is 0. The second kappa shape index (κ2) is 8.27. The van der Waals surface area contributed by atoms with Crippen molar-refractivity contribution in [3.05, 3.63) is 83.2 Å². The Morgan fingerprint density at radius 2 is 1.93 bits per heavy atom. The molecular formula is C24H24N4O. The lowest BCUT2D eigenvalue weighted by Crippen LogP contribution is -2.13. The quantitative estimate of drug-likeness (QED) is 0.601. The zero-order chi connectivity index (χ0) is 20.2. The molecule has 0 bridgehead atoms. The summed E-state index contributed by atoms with van der Waals surface area (Å²) in [4.78, 5) is 21.0.